The molecule has 0 aliphatic rings. The monoisotopic (exact) mass is 271 g/mol. The zero-order valence-electron chi connectivity index (χ0n) is 11.0. The Hall–Kier alpha value is -1.07. The Bertz CT molecular complexity index is 452. The van der Waals surface area contributed by atoms with E-state index in [9.17, 15) is 8.42 Å². The quantitative estimate of drug-likeness (QED) is 0.767. The molecule has 0 saturated heterocycles. The molecular weight excluding hydrogens is 250 g/mol. The van der Waals surface area contributed by atoms with Crippen LogP contribution in [0.25, 0.3) is 0 Å². The van der Waals surface area contributed by atoms with Gasteiger partial charge in [0, 0.05) is 26.4 Å². The molecule has 0 atom stereocenters. The summed E-state index contributed by atoms with van der Waals surface area (Å²) in [6.45, 7) is 0.123. The van der Waals surface area contributed by atoms with Gasteiger partial charge in [-0.15, -0.1) is 0 Å². The number of sulfone groups is 1. The van der Waals surface area contributed by atoms with E-state index in [0.29, 0.717) is 17.7 Å². The number of benzene rings is 1. The van der Waals surface area contributed by atoms with Crippen LogP contribution < -0.4 is 4.90 Å². The van der Waals surface area contributed by atoms with Crippen molar-refractivity contribution >= 4 is 15.5 Å². The predicted octanol–water partition coefficient (Wildman–Crippen LogP) is 1.69. The van der Waals surface area contributed by atoms with Crippen molar-refractivity contribution in [3.05, 3.63) is 24.3 Å². The van der Waals surface area contributed by atoms with Crippen molar-refractivity contribution in [3.8, 4) is 0 Å². The second kappa shape index (κ2) is 6.75. The van der Waals surface area contributed by atoms with Crippen molar-refractivity contribution in [1.29, 1.82) is 0 Å². The Morgan fingerprint density at radius 3 is 2.17 bits per heavy atom. The van der Waals surface area contributed by atoms with Gasteiger partial charge in [-0.25, -0.2) is 8.42 Å². The van der Waals surface area contributed by atoms with Crippen LogP contribution in [0, 0.1) is 0 Å². The molecular formula is C13H21NO3S. The minimum atomic E-state index is -3.18. The van der Waals surface area contributed by atoms with Gasteiger partial charge in [-0.3, -0.25) is 0 Å². The first kappa shape index (κ1) is 15.0. The van der Waals surface area contributed by atoms with Crippen LogP contribution in [0.15, 0.2) is 29.2 Å². The minimum Gasteiger partial charge on any atom is -0.396 e. The van der Waals surface area contributed by atoms with Gasteiger partial charge >= 0.3 is 0 Å². The smallest absolute Gasteiger partial charge is 0.178 e. The first-order chi connectivity index (χ1) is 8.47. The zero-order chi connectivity index (χ0) is 13.6. The van der Waals surface area contributed by atoms with E-state index in [1.165, 1.54) is 0 Å². The highest BCUT2D eigenvalue weighted by Gasteiger charge is 2.13. The zero-order valence-corrected chi connectivity index (χ0v) is 11.8. The molecule has 102 valence electrons. The third-order valence-electron chi connectivity index (χ3n) is 2.78. The fraction of sp³-hybridized carbons (Fsp3) is 0.538. The average molecular weight is 271 g/mol. The predicted molar refractivity (Wildman–Crippen MR) is 73.8 cm³/mol. The fourth-order valence-electron chi connectivity index (χ4n) is 1.65. The van der Waals surface area contributed by atoms with Crippen LogP contribution in [0.5, 0.6) is 0 Å². The summed E-state index contributed by atoms with van der Waals surface area (Å²) in [5.74, 6) is 0.147. The van der Waals surface area contributed by atoms with Crippen molar-refractivity contribution in [2.75, 3.05) is 31.4 Å². The van der Waals surface area contributed by atoms with E-state index in [-0.39, 0.29) is 12.4 Å². The van der Waals surface area contributed by atoms with E-state index < -0.39 is 9.84 Å². The van der Waals surface area contributed by atoms with Crippen LogP contribution in [-0.2, 0) is 9.84 Å². The number of aliphatic hydroxyl groups is 1. The van der Waals surface area contributed by atoms with Gasteiger partial charge in [-0.1, -0.05) is 6.42 Å². The molecule has 0 unspecified atom stereocenters. The summed E-state index contributed by atoms with van der Waals surface area (Å²) in [4.78, 5) is 2.30. The first-order valence-electron chi connectivity index (χ1n) is 6.08. The fourth-order valence-corrected chi connectivity index (χ4v) is 3.02. The minimum absolute atomic E-state index is 0.123. The number of hydrogen-bond acceptors (Lipinski definition) is 4. The summed E-state index contributed by atoms with van der Waals surface area (Å²) in [6.07, 6.45) is 2.00. The molecule has 0 aliphatic carbocycles. The van der Waals surface area contributed by atoms with Gasteiger partial charge in [0.2, 0.25) is 0 Å². The Morgan fingerprint density at radius 1 is 1.06 bits per heavy atom. The third-order valence-corrected chi connectivity index (χ3v) is 4.60. The van der Waals surface area contributed by atoms with E-state index in [0.717, 1.165) is 12.1 Å². The first-order valence-corrected chi connectivity index (χ1v) is 7.73. The molecule has 0 aliphatic heterocycles. The van der Waals surface area contributed by atoms with E-state index >= 15 is 0 Å². The van der Waals surface area contributed by atoms with E-state index in [2.05, 4.69) is 0 Å². The molecule has 0 fully saturated rings. The largest absolute Gasteiger partial charge is 0.396 e. The van der Waals surface area contributed by atoms with Gasteiger partial charge in [-0.2, -0.15) is 0 Å². The van der Waals surface area contributed by atoms with E-state index in [1.807, 2.05) is 19.0 Å². The van der Waals surface area contributed by atoms with Crippen molar-refractivity contribution in [1.82, 2.24) is 0 Å². The second-order valence-electron chi connectivity index (χ2n) is 4.49. The highest BCUT2D eigenvalue weighted by atomic mass is 32.2. The molecule has 0 spiro atoms. The summed E-state index contributed by atoms with van der Waals surface area (Å²) < 4.78 is 24.0. The van der Waals surface area contributed by atoms with Crippen LogP contribution >= 0.6 is 0 Å². The van der Waals surface area contributed by atoms with Crippen LogP contribution in [0.4, 0.5) is 5.69 Å². The molecule has 0 heterocycles. The number of rotatable bonds is 7. The maximum Gasteiger partial charge on any atom is 0.178 e. The molecule has 1 N–H and O–H groups in total. The summed E-state index contributed by atoms with van der Waals surface area (Å²) in [7, 11) is 0.647. The normalized spacial score (nSPS) is 11.5. The number of nitrogens with zero attached hydrogens (tertiary/aromatic N) is 1. The van der Waals surface area contributed by atoms with Gasteiger partial charge in [-0.05, 0) is 37.1 Å². The third kappa shape index (κ3) is 4.31. The summed E-state index contributed by atoms with van der Waals surface area (Å²) >= 11 is 0. The molecule has 4 nitrogen and oxygen atoms in total. The van der Waals surface area contributed by atoms with Crippen LogP contribution in [0.2, 0.25) is 0 Å². The molecule has 1 rings (SSSR count). The molecule has 18 heavy (non-hydrogen) atoms. The lowest BCUT2D eigenvalue weighted by molar-refractivity contribution is 0.284. The number of aliphatic hydroxyl groups excluding tert-OH is 1. The van der Waals surface area contributed by atoms with Gasteiger partial charge < -0.3 is 10.0 Å². The summed E-state index contributed by atoms with van der Waals surface area (Å²) in [6, 6.07) is 6.91. The summed E-state index contributed by atoms with van der Waals surface area (Å²) in [5.41, 5.74) is 0.981. The Morgan fingerprint density at radius 2 is 1.67 bits per heavy atom. The van der Waals surface area contributed by atoms with Crippen LogP contribution in [0.1, 0.15) is 19.3 Å². The molecule has 0 bridgehead atoms. The lowest BCUT2D eigenvalue weighted by atomic mass is 10.3. The number of anilines is 1. The Kier molecular flexibility index (Phi) is 5.62. The highest BCUT2D eigenvalue weighted by molar-refractivity contribution is 7.91. The molecule has 0 radical (unpaired) electrons. The average Bonchev–Trinajstić information content (AvgIpc) is 2.35. The molecule has 0 aromatic heterocycles. The Balaban J connectivity index is 2.67. The standard InChI is InChI=1S/C13H21NO3S/c1-14(2)12-6-8-13(9-7-12)18(16,17)11-5-3-4-10-15/h6-9,15H,3-5,10-11H2,1-2H3. The maximum absolute atomic E-state index is 12.0. The van der Waals surface area contributed by atoms with Gasteiger partial charge in [0.15, 0.2) is 9.84 Å². The van der Waals surface area contributed by atoms with Crippen molar-refractivity contribution in [3.63, 3.8) is 0 Å². The maximum atomic E-state index is 12.0. The Labute approximate surface area is 109 Å². The highest BCUT2D eigenvalue weighted by Crippen LogP contribution is 2.18. The molecule has 1 aromatic carbocycles. The van der Waals surface area contributed by atoms with Crippen LogP contribution in [-0.4, -0.2) is 40.0 Å². The lowest BCUT2D eigenvalue weighted by Crippen LogP contribution is -2.10. The van der Waals surface area contributed by atoms with Crippen molar-refractivity contribution < 1.29 is 13.5 Å². The van der Waals surface area contributed by atoms with Gasteiger partial charge in [0.1, 0.15) is 0 Å². The SMILES string of the molecule is CN(C)c1ccc(S(=O)(=O)CCCCCO)cc1. The topological polar surface area (TPSA) is 57.6 Å². The molecule has 0 saturated carbocycles. The molecule has 1 aromatic rings. The van der Waals surface area contributed by atoms with Gasteiger partial charge in [0.05, 0.1) is 10.6 Å². The molecule has 5 heteroatoms. The van der Waals surface area contributed by atoms with Gasteiger partial charge in [0.25, 0.3) is 0 Å². The number of unbranched alkanes of at least 4 members (excludes halogenated alkanes) is 2. The van der Waals surface area contributed by atoms with Crippen LogP contribution in [0.3, 0.4) is 0 Å². The number of hydrogen-bond donors (Lipinski definition) is 1. The molecule has 0 amide bonds. The van der Waals surface area contributed by atoms with E-state index in [1.54, 1.807) is 24.3 Å². The van der Waals surface area contributed by atoms with Crippen molar-refractivity contribution in [2.24, 2.45) is 0 Å². The summed E-state index contributed by atoms with van der Waals surface area (Å²) in [5, 5.41) is 8.64. The lowest BCUT2D eigenvalue weighted by Gasteiger charge is -2.12. The van der Waals surface area contributed by atoms with E-state index in [4.69, 9.17) is 5.11 Å². The second-order valence-corrected chi connectivity index (χ2v) is 6.60. The van der Waals surface area contributed by atoms with Crippen molar-refractivity contribution in [2.45, 2.75) is 24.2 Å².